The van der Waals surface area contributed by atoms with Crippen molar-refractivity contribution in [3.05, 3.63) is 53.4 Å². The number of piperazine rings is 1. The molecule has 11 nitrogen and oxygen atoms in total. The molecule has 4 heterocycles. The van der Waals surface area contributed by atoms with Crippen molar-refractivity contribution in [1.82, 2.24) is 29.7 Å². The molecule has 0 radical (unpaired) electrons. The molecule has 0 aliphatic carbocycles. The molecule has 6 rings (SSSR count). The Balaban J connectivity index is 1.29. The summed E-state index contributed by atoms with van der Waals surface area (Å²) in [6.45, 7) is 16.7. The van der Waals surface area contributed by atoms with E-state index < -0.39 is 15.2 Å². The van der Waals surface area contributed by atoms with Crippen molar-refractivity contribution in [2.24, 2.45) is 0 Å². The van der Waals surface area contributed by atoms with Gasteiger partial charge in [0.25, 0.3) is 0 Å². The zero-order valence-corrected chi connectivity index (χ0v) is 32.7. The van der Waals surface area contributed by atoms with Gasteiger partial charge in [-0.25, -0.2) is 4.98 Å². The molecule has 2 aliphatic rings. The van der Waals surface area contributed by atoms with Gasteiger partial charge in [0, 0.05) is 69.3 Å². The van der Waals surface area contributed by atoms with Gasteiger partial charge < -0.3 is 29.7 Å². The third-order valence-corrected chi connectivity index (χ3v) is 11.8. The lowest BCUT2D eigenvalue weighted by molar-refractivity contribution is 0.0982. The lowest BCUT2D eigenvalue weighted by Gasteiger charge is -2.42. The van der Waals surface area contributed by atoms with E-state index in [1.54, 1.807) is 32.8 Å². The largest absolute Gasteiger partial charge is 0.494 e. The first-order chi connectivity index (χ1) is 23.8. The molecule has 2 aromatic carbocycles. The van der Waals surface area contributed by atoms with Gasteiger partial charge in [0.05, 0.1) is 41.2 Å². The second-order valence-electron chi connectivity index (χ2n) is 14.5. The fraction of sp³-hybridized carbons (Fsp3) is 0.444. The summed E-state index contributed by atoms with van der Waals surface area (Å²) in [5, 5.41) is 7.56. The van der Waals surface area contributed by atoms with Crippen molar-refractivity contribution < 1.29 is 9.30 Å². The molecular formula is C36H47ClN9O2PSi. The Morgan fingerprint density at radius 2 is 1.68 bits per heavy atom. The van der Waals surface area contributed by atoms with Gasteiger partial charge in [-0.3, -0.25) is 14.9 Å². The molecular weight excluding hydrogens is 685 g/mol. The van der Waals surface area contributed by atoms with Crippen LogP contribution >= 0.6 is 18.7 Å². The summed E-state index contributed by atoms with van der Waals surface area (Å²) in [6, 6.07) is 8.41. The molecule has 0 amide bonds. The monoisotopic (exact) mass is 731 g/mol. The van der Waals surface area contributed by atoms with Crippen molar-refractivity contribution in [3.8, 4) is 17.2 Å². The molecule has 2 saturated heterocycles. The van der Waals surface area contributed by atoms with E-state index in [-0.39, 0.29) is 0 Å². The average molecular weight is 732 g/mol. The predicted molar refractivity (Wildman–Crippen MR) is 210 cm³/mol. The van der Waals surface area contributed by atoms with Gasteiger partial charge in [0.2, 0.25) is 5.95 Å². The first kappa shape index (κ1) is 36.1. The van der Waals surface area contributed by atoms with Gasteiger partial charge in [-0.05, 0) is 51.4 Å². The predicted octanol–water partition coefficient (Wildman–Crippen LogP) is 6.26. The van der Waals surface area contributed by atoms with E-state index in [0.29, 0.717) is 56.3 Å². The number of halogens is 1. The Bertz CT molecular complexity index is 1970. The van der Waals surface area contributed by atoms with Crippen LogP contribution in [0.2, 0.25) is 24.7 Å². The molecule has 2 fully saturated rings. The van der Waals surface area contributed by atoms with Crippen LogP contribution in [-0.4, -0.2) is 111 Å². The molecule has 2 aromatic heterocycles. The number of nitrogens with one attached hydrogen (secondary N) is 2. The van der Waals surface area contributed by atoms with E-state index in [0.717, 1.165) is 63.4 Å². The van der Waals surface area contributed by atoms with Crippen molar-refractivity contribution >= 4 is 72.0 Å². The minimum atomic E-state index is -2.79. The van der Waals surface area contributed by atoms with Gasteiger partial charge in [-0.1, -0.05) is 37.2 Å². The number of piperidine rings is 1. The smallest absolute Gasteiger partial charge is 0.229 e. The zero-order valence-electron chi connectivity index (χ0n) is 30.0. The van der Waals surface area contributed by atoms with Crippen molar-refractivity contribution in [1.29, 1.82) is 0 Å². The topological polar surface area (TPSA) is 112 Å². The van der Waals surface area contributed by atoms with Crippen LogP contribution in [0.3, 0.4) is 0 Å². The van der Waals surface area contributed by atoms with E-state index in [4.69, 9.17) is 21.3 Å². The maximum absolute atomic E-state index is 13.5. The summed E-state index contributed by atoms with van der Waals surface area (Å²) in [5.74, 6) is 4.89. The summed E-state index contributed by atoms with van der Waals surface area (Å²) in [6.07, 6.45) is 7.00. The number of rotatable bonds is 8. The highest BCUT2D eigenvalue weighted by Gasteiger charge is 2.28. The number of fused-ring (bicyclic) bond motifs is 1. The zero-order chi connectivity index (χ0) is 35.6. The minimum absolute atomic E-state index is 0.312. The van der Waals surface area contributed by atoms with Gasteiger partial charge in [-0.2, -0.15) is 4.98 Å². The number of likely N-dealkylation sites (N-methyl/N-ethyl adjacent to an activating group) is 1. The fourth-order valence-corrected chi connectivity index (χ4v) is 8.58. The van der Waals surface area contributed by atoms with Crippen molar-refractivity contribution in [2.75, 3.05) is 82.3 Å². The SMILES string of the molecule is COc1cc(N2CCC(N3CCN(C)CC3)CC2)c(C#C[Si](C)(C)C)cc1Nc1ncc(Cl)c(Nc2ccc3nccnc3c2P(C)(C)=O)n1. The Kier molecular flexibility index (Phi) is 10.7. The second kappa shape index (κ2) is 14.9. The molecule has 0 spiro atoms. The fourth-order valence-electron chi connectivity index (χ4n) is 6.54. The van der Waals surface area contributed by atoms with Crippen LogP contribution in [0.4, 0.5) is 28.8 Å². The normalized spacial score (nSPS) is 16.6. The number of ether oxygens (including phenoxy) is 1. The summed E-state index contributed by atoms with van der Waals surface area (Å²) < 4.78 is 19.4. The van der Waals surface area contributed by atoms with Crippen LogP contribution in [0.1, 0.15) is 18.4 Å². The molecule has 0 saturated carbocycles. The lowest BCUT2D eigenvalue weighted by Crippen LogP contribution is -2.52. The number of aromatic nitrogens is 4. The molecule has 264 valence electrons. The average Bonchev–Trinajstić information content (AvgIpc) is 3.08. The molecule has 0 unspecified atom stereocenters. The van der Waals surface area contributed by atoms with Gasteiger partial charge >= 0.3 is 0 Å². The molecule has 0 atom stereocenters. The second-order valence-corrected chi connectivity index (χ2v) is 22.8. The number of nitrogens with zero attached hydrogens (tertiary/aromatic N) is 7. The molecule has 2 N–H and O–H groups in total. The Morgan fingerprint density at radius 3 is 2.36 bits per heavy atom. The van der Waals surface area contributed by atoms with E-state index >= 15 is 0 Å². The Morgan fingerprint density at radius 1 is 0.960 bits per heavy atom. The highest BCUT2D eigenvalue weighted by molar-refractivity contribution is 7.71. The lowest BCUT2D eigenvalue weighted by atomic mass is 10.00. The van der Waals surface area contributed by atoms with E-state index in [9.17, 15) is 4.57 Å². The Hall–Kier alpha value is -3.72. The van der Waals surface area contributed by atoms with Crippen molar-refractivity contribution in [3.63, 3.8) is 0 Å². The summed E-state index contributed by atoms with van der Waals surface area (Å²) in [7, 11) is -0.577. The van der Waals surface area contributed by atoms with E-state index in [2.05, 4.69) is 84.5 Å². The maximum Gasteiger partial charge on any atom is 0.229 e. The number of benzene rings is 2. The van der Waals surface area contributed by atoms with Crippen LogP contribution in [0.5, 0.6) is 5.75 Å². The highest BCUT2D eigenvalue weighted by atomic mass is 35.5. The third-order valence-electron chi connectivity index (χ3n) is 9.15. The van der Waals surface area contributed by atoms with Gasteiger partial charge in [-0.15, -0.1) is 5.54 Å². The maximum atomic E-state index is 13.5. The molecule has 0 bridgehead atoms. The van der Waals surface area contributed by atoms with Crippen LogP contribution in [-0.2, 0) is 4.57 Å². The Labute approximate surface area is 301 Å². The summed E-state index contributed by atoms with van der Waals surface area (Å²) in [5.41, 5.74) is 8.15. The quantitative estimate of drug-likeness (QED) is 0.122. The first-order valence-electron chi connectivity index (χ1n) is 17.1. The van der Waals surface area contributed by atoms with E-state index in [1.807, 2.05) is 18.2 Å². The van der Waals surface area contributed by atoms with Crippen molar-refractivity contribution in [2.45, 2.75) is 38.5 Å². The highest BCUT2D eigenvalue weighted by Crippen LogP contribution is 2.42. The standard InChI is InChI=1S/C36H47ClN9O2PSi/c1-44-17-19-45(20-18-44)26-10-15-46(16-11-26)31-23-32(48-2)30(22-25(31)12-21-50(5,6)7)42-36-40-24-27(37)35(43-36)41-29-9-8-28-33(39-14-13-38-28)34(29)49(3,4)47/h8-9,13-14,22-24,26H,10-11,15-20H2,1-7H3,(H2,40,41,42,43). The summed E-state index contributed by atoms with van der Waals surface area (Å²) in [4.78, 5) is 25.6. The summed E-state index contributed by atoms with van der Waals surface area (Å²) >= 11 is 6.61. The number of hydrogen-bond donors (Lipinski definition) is 2. The molecule has 14 heteroatoms. The van der Waals surface area contributed by atoms with Crippen LogP contribution < -0.4 is 25.6 Å². The van der Waals surface area contributed by atoms with E-state index in [1.165, 1.54) is 6.20 Å². The van der Waals surface area contributed by atoms with Gasteiger partial charge in [0.1, 0.15) is 31.5 Å². The van der Waals surface area contributed by atoms with Crippen LogP contribution in [0, 0.1) is 11.5 Å². The molecule has 4 aromatic rings. The third kappa shape index (κ3) is 8.41. The number of methoxy groups -OCH3 is 1. The van der Waals surface area contributed by atoms with Crippen LogP contribution in [0.15, 0.2) is 42.9 Å². The number of anilines is 5. The molecule has 2 aliphatic heterocycles. The van der Waals surface area contributed by atoms with Gasteiger partial charge in [0.15, 0.2) is 5.82 Å². The van der Waals surface area contributed by atoms with Crippen LogP contribution in [0.25, 0.3) is 11.0 Å². The first-order valence-corrected chi connectivity index (χ1v) is 23.6. The number of hydrogen-bond acceptors (Lipinski definition) is 11. The molecule has 50 heavy (non-hydrogen) atoms. The minimum Gasteiger partial charge on any atom is -0.494 e.